The third kappa shape index (κ3) is 7.27. The van der Waals surface area contributed by atoms with Gasteiger partial charge < -0.3 is 17.2 Å². The van der Waals surface area contributed by atoms with Crippen LogP contribution in [0.5, 0.6) is 0 Å². The zero-order chi connectivity index (χ0) is 10.3. The van der Waals surface area contributed by atoms with Gasteiger partial charge in [0.2, 0.25) is 0 Å². The minimum atomic E-state index is -0.334. The van der Waals surface area contributed by atoms with Gasteiger partial charge in [0.05, 0.1) is 6.04 Å². The van der Waals surface area contributed by atoms with Gasteiger partial charge in [-0.2, -0.15) is 0 Å². The SMILES string of the molecule is CC(=O)C(N)CCCCN=C(N)N. The number of carbonyl (C=O) groups excluding carboxylic acids is 1. The van der Waals surface area contributed by atoms with Crippen molar-refractivity contribution >= 4 is 11.7 Å². The van der Waals surface area contributed by atoms with Crippen LogP contribution in [0.2, 0.25) is 0 Å². The van der Waals surface area contributed by atoms with Crippen LogP contribution in [0.4, 0.5) is 0 Å². The van der Waals surface area contributed by atoms with Crippen molar-refractivity contribution in [3.63, 3.8) is 0 Å². The Hall–Kier alpha value is -1.10. The van der Waals surface area contributed by atoms with E-state index in [1.165, 1.54) is 6.92 Å². The van der Waals surface area contributed by atoms with Crippen molar-refractivity contribution in [2.24, 2.45) is 22.2 Å². The number of hydrogen-bond acceptors (Lipinski definition) is 3. The van der Waals surface area contributed by atoms with E-state index in [9.17, 15) is 4.79 Å². The molecular weight excluding hydrogens is 168 g/mol. The number of rotatable bonds is 6. The van der Waals surface area contributed by atoms with Crippen LogP contribution < -0.4 is 17.2 Å². The van der Waals surface area contributed by atoms with Crippen molar-refractivity contribution in [3.05, 3.63) is 0 Å². The Morgan fingerprint density at radius 3 is 2.46 bits per heavy atom. The highest BCUT2D eigenvalue weighted by Crippen LogP contribution is 1.99. The molecular formula is C8H18N4O. The fourth-order valence-electron chi connectivity index (χ4n) is 0.887. The van der Waals surface area contributed by atoms with Crippen LogP contribution in [0.25, 0.3) is 0 Å². The molecule has 0 saturated heterocycles. The predicted octanol–water partition coefficient (Wildman–Crippen LogP) is -0.654. The summed E-state index contributed by atoms with van der Waals surface area (Å²) in [5.41, 5.74) is 15.8. The summed E-state index contributed by atoms with van der Waals surface area (Å²) in [7, 11) is 0. The van der Waals surface area contributed by atoms with Crippen molar-refractivity contribution in [3.8, 4) is 0 Å². The first-order valence-electron chi connectivity index (χ1n) is 4.35. The van der Waals surface area contributed by atoms with E-state index in [1.807, 2.05) is 0 Å². The molecule has 0 aromatic rings. The van der Waals surface area contributed by atoms with Crippen LogP contribution in [0.15, 0.2) is 4.99 Å². The van der Waals surface area contributed by atoms with Crippen molar-refractivity contribution in [1.82, 2.24) is 0 Å². The number of unbranched alkanes of at least 4 members (excludes halogenated alkanes) is 1. The number of guanidine groups is 1. The molecule has 0 fully saturated rings. The average molecular weight is 186 g/mol. The molecule has 0 amide bonds. The molecule has 0 aliphatic heterocycles. The van der Waals surface area contributed by atoms with Crippen molar-refractivity contribution in [2.75, 3.05) is 6.54 Å². The van der Waals surface area contributed by atoms with Gasteiger partial charge in [0, 0.05) is 6.54 Å². The Labute approximate surface area is 78.4 Å². The molecule has 5 heteroatoms. The summed E-state index contributed by atoms with van der Waals surface area (Å²) in [5, 5.41) is 0. The Balaban J connectivity index is 3.36. The number of carbonyl (C=O) groups is 1. The Kier molecular flexibility index (Phi) is 5.88. The fraction of sp³-hybridized carbons (Fsp3) is 0.750. The number of aliphatic imine (C=N–C) groups is 1. The summed E-state index contributed by atoms with van der Waals surface area (Å²) < 4.78 is 0. The summed E-state index contributed by atoms with van der Waals surface area (Å²) in [6.45, 7) is 2.10. The quantitative estimate of drug-likeness (QED) is 0.291. The Morgan fingerprint density at radius 2 is 2.00 bits per heavy atom. The van der Waals surface area contributed by atoms with Gasteiger partial charge in [-0.25, -0.2) is 0 Å². The van der Waals surface area contributed by atoms with E-state index in [2.05, 4.69) is 4.99 Å². The molecule has 1 atom stereocenters. The summed E-state index contributed by atoms with van der Waals surface area (Å²) >= 11 is 0. The highest BCUT2D eigenvalue weighted by atomic mass is 16.1. The van der Waals surface area contributed by atoms with Gasteiger partial charge in [0.1, 0.15) is 5.78 Å². The maximum Gasteiger partial charge on any atom is 0.185 e. The largest absolute Gasteiger partial charge is 0.370 e. The first kappa shape index (κ1) is 11.9. The van der Waals surface area contributed by atoms with Crippen LogP contribution in [0.1, 0.15) is 26.2 Å². The van der Waals surface area contributed by atoms with Crippen LogP contribution in [0, 0.1) is 0 Å². The Bertz CT molecular complexity index is 187. The molecule has 0 bridgehead atoms. The topological polar surface area (TPSA) is 107 Å². The molecule has 13 heavy (non-hydrogen) atoms. The summed E-state index contributed by atoms with van der Waals surface area (Å²) in [4.78, 5) is 14.5. The van der Waals surface area contributed by atoms with Crippen LogP contribution in [0.3, 0.4) is 0 Å². The van der Waals surface area contributed by atoms with Crippen LogP contribution in [-0.2, 0) is 4.79 Å². The fourth-order valence-corrected chi connectivity index (χ4v) is 0.887. The number of ketones is 1. The third-order valence-electron chi connectivity index (χ3n) is 1.74. The highest BCUT2D eigenvalue weighted by Gasteiger charge is 2.06. The highest BCUT2D eigenvalue weighted by molar-refractivity contribution is 5.81. The zero-order valence-corrected chi connectivity index (χ0v) is 7.99. The normalized spacial score (nSPS) is 12.2. The minimum absolute atomic E-state index is 0.0295. The molecule has 76 valence electrons. The van der Waals surface area contributed by atoms with Crippen LogP contribution in [-0.4, -0.2) is 24.3 Å². The number of hydrogen-bond donors (Lipinski definition) is 3. The van der Waals surface area contributed by atoms with E-state index in [0.29, 0.717) is 13.0 Å². The van der Waals surface area contributed by atoms with Gasteiger partial charge in [0.15, 0.2) is 5.96 Å². The van der Waals surface area contributed by atoms with E-state index in [1.54, 1.807) is 0 Å². The molecule has 0 rings (SSSR count). The summed E-state index contributed by atoms with van der Waals surface area (Å²) in [6.07, 6.45) is 2.44. The van der Waals surface area contributed by atoms with E-state index < -0.39 is 0 Å². The molecule has 0 saturated carbocycles. The smallest absolute Gasteiger partial charge is 0.185 e. The first-order chi connectivity index (χ1) is 6.04. The molecule has 0 aromatic carbocycles. The molecule has 0 spiro atoms. The number of Topliss-reactive ketones (excluding diaryl/α,β-unsaturated/α-hetero) is 1. The van der Waals surface area contributed by atoms with E-state index >= 15 is 0 Å². The lowest BCUT2D eigenvalue weighted by molar-refractivity contribution is -0.118. The number of nitrogens with zero attached hydrogens (tertiary/aromatic N) is 1. The van der Waals surface area contributed by atoms with Crippen molar-refractivity contribution < 1.29 is 4.79 Å². The van der Waals surface area contributed by atoms with Crippen LogP contribution >= 0.6 is 0 Å². The molecule has 5 nitrogen and oxygen atoms in total. The second kappa shape index (κ2) is 6.42. The molecule has 0 aliphatic rings. The molecule has 0 heterocycles. The van der Waals surface area contributed by atoms with E-state index in [4.69, 9.17) is 17.2 Å². The van der Waals surface area contributed by atoms with Gasteiger partial charge in [-0.3, -0.25) is 9.79 Å². The molecule has 0 aliphatic carbocycles. The second-order valence-electron chi connectivity index (χ2n) is 3.02. The molecule has 0 radical (unpaired) electrons. The Morgan fingerprint density at radius 1 is 1.38 bits per heavy atom. The van der Waals surface area contributed by atoms with Crippen molar-refractivity contribution in [1.29, 1.82) is 0 Å². The lowest BCUT2D eigenvalue weighted by Gasteiger charge is -2.05. The number of nitrogens with two attached hydrogens (primary N) is 3. The van der Waals surface area contributed by atoms with Gasteiger partial charge in [0.25, 0.3) is 0 Å². The van der Waals surface area contributed by atoms with Gasteiger partial charge in [-0.05, 0) is 26.2 Å². The minimum Gasteiger partial charge on any atom is -0.370 e. The zero-order valence-electron chi connectivity index (χ0n) is 7.99. The summed E-state index contributed by atoms with van der Waals surface area (Å²) in [6, 6.07) is -0.334. The average Bonchev–Trinajstić information content (AvgIpc) is 2.02. The molecule has 1 unspecified atom stereocenters. The lowest BCUT2D eigenvalue weighted by atomic mass is 10.1. The van der Waals surface area contributed by atoms with Crippen molar-refractivity contribution in [2.45, 2.75) is 32.2 Å². The van der Waals surface area contributed by atoms with Gasteiger partial charge in [-0.1, -0.05) is 0 Å². The molecule has 0 aromatic heterocycles. The van der Waals surface area contributed by atoms with E-state index in [0.717, 1.165) is 12.8 Å². The van der Waals surface area contributed by atoms with Gasteiger partial charge in [-0.15, -0.1) is 0 Å². The third-order valence-corrected chi connectivity index (χ3v) is 1.74. The van der Waals surface area contributed by atoms with E-state index in [-0.39, 0.29) is 17.8 Å². The second-order valence-corrected chi connectivity index (χ2v) is 3.02. The monoisotopic (exact) mass is 186 g/mol. The van der Waals surface area contributed by atoms with Gasteiger partial charge >= 0.3 is 0 Å². The molecule has 6 N–H and O–H groups in total. The lowest BCUT2D eigenvalue weighted by Crippen LogP contribution is -2.28. The first-order valence-corrected chi connectivity index (χ1v) is 4.35. The standard InChI is InChI=1S/C8H18N4O/c1-6(13)7(9)4-2-3-5-12-8(10)11/h7H,2-5,9H2,1H3,(H4,10,11,12). The predicted molar refractivity (Wildman–Crippen MR) is 53.2 cm³/mol. The maximum atomic E-state index is 10.7. The maximum absolute atomic E-state index is 10.7. The summed E-state index contributed by atoms with van der Waals surface area (Å²) in [5.74, 6) is 0.137.